The van der Waals surface area contributed by atoms with Gasteiger partial charge in [-0.1, -0.05) is 12.1 Å². The zero-order valence-electron chi connectivity index (χ0n) is 9.62. The summed E-state index contributed by atoms with van der Waals surface area (Å²) in [6.45, 7) is 2.07. The van der Waals surface area contributed by atoms with Crippen LogP contribution in [0.3, 0.4) is 0 Å². The lowest BCUT2D eigenvalue weighted by Gasteiger charge is -2.07. The maximum Gasteiger partial charge on any atom is 0.134 e. The third kappa shape index (κ3) is 1.74. The number of rotatable bonds is 3. The maximum absolute atomic E-state index is 6.09. The van der Waals surface area contributed by atoms with Crippen LogP contribution in [0.1, 0.15) is 30.4 Å². The van der Waals surface area contributed by atoms with Crippen LogP contribution in [0.15, 0.2) is 28.9 Å². The Balaban J connectivity index is 1.82. The molecular weight excluding hydrogens is 198 g/mol. The molecule has 0 amide bonds. The van der Waals surface area contributed by atoms with Gasteiger partial charge in [0.15, 0.2) is 0 Å². The standard InChI is InChI=1S/C14H17NO/c1-10-9-16-13-8-11(2-3-12(10)13)4-5-14(15)6-7-14/h2-3,8-9H,4-7,15H2,1H3. The lowest BCUT2D eigenvalue weighted by Crippen LogP contribution is -2.22. The topological polar surface area (TPSA) is 39.2 Å². The fraction of sp³-hybridized carbons (Fsp3) is 0.429. The molecule has 1 aromatic carbocycles. The van der Waals surface area contributed by atoms with Crippen molar-refractivity contribution in [3.63, 3.8) is 0 Å². The van der Waals surface area contributed by atoms with Gasteiger partial charge in [0.2, 0.25) is 0 Å². The Morgan fingerprint density at radius 3 is 2.94 bits per heavy atom. The molecule has 0 unspecified atom stereocenters. The van der Waals surface area contributed by atoms with Crippen LogP contribution in [0.2, 0.25) is 0 Å². The molecule has 1 saturated carbocycles. The van der Waals surface area contributed by atoms with E-state index in [9.17, 15) is 0 Å². The average molecular weight is 215 g/mol. The molecule has 2 heteroatoms. The monoisotopic (exact) mass is 215 g/mol. The molecule has 1 aromatic heterocycles. The molecule has 0 radical (unpaired) electrons. The Hall–Kier alpha value is -1.28. The molecule has 0 spiro atoms. The highest BCUT2D eigenvalue weighted by atomic mass is 16.3. The molecule has 3 rings (SSSR count). The summed E-state index contributed by atoms with van der Waals surface area (Å²) in [4.78, 5) is 0. The van der Waals surface area contributed by atoms with E-state index in [1.165, 1.54) is 29.4 Å². The van der Waals surface area contributed by atoms with E-state index < -0.39 is 0 Å². The maximum atomic E-state index is 6.09. The Bertz CT molecular complexity index is 523. The number of furan rings is 1. The number of nitrogens with two attached hydrogens (primary N) is 1. The summed E-state index contributed by atoms with van der Waals surface area (Å²) >= 11 is 0. The molecule has 2 N–H and O–H groups in total. The zero-order chi connectivity index (χ0) is 11.2. The summed E-state index contributed by atoms with van der Waals surface area (Å²) in [5, 5.41) is 1.22. The van der Waals surface area contributed by atoms with Gasteiger partial charge in [0.1, 0.15) is 5.58 Å². The molecule has 1 fully saturated rings. The van der Waals surface area contributed by atoms with E-state index >= 15 is 0 Å². The average Bonchev–Trinajstić information content (AvgIpc) is 2.91. The molecule has 1 aliphatic carbocycles. The first-order valence-electron chi connectivity index (χ1n) is 5.92. The third-order valence-corrected chi connectivity index (χ3v) is 3.64. The summed E-state index contributed by atoms with van der Waals surface area (Å²) in [6.07, 6.45) is 6.36. The van der Waals surface area contributed by atoms with Crippen molar-refractivity contribution in [2.75, 3.05) is 0 Å². The van der Waals surface area contributed by atoms with Crippen LogP contribution in [-0.2, 0) is 6.42 Å². The van der Waals surface area contributed by atoms with Gasteiger partial charge in [-0.3, -0.25) is 0 Å². The molecular formula is C14H17NO. The summed E-state index contributed by atoms with van der Waals surface area (Å²) in [6, 6.07) is 6.49. The first kappa shape index (κ1) is 9.91. The quantitative estimate of drug-likeness (QED) is 0.854. The van der Waals surface area contributed by atoms with Gasteiger partial charge in [-0.05, 0) is 49.8 Å². The summed E-state index contributed by atoms with van der Waals surface area (Å²) in [5.41, 5.74) is 9.77. The van der Waals surface area contributed by atoms with Crippen molar-refractivity contribution >= 4 is 11.0 Å². The predicted molar refractivity (Wildman–Crippen MR) is 65.4 cm³/mol. The Morgan fingerprint density at radius 1 is 1.38 bits per heavy atom. The fourth-order valence-electron chi connectivity index (χ4n) is 2.16. The smallest absolute Gasteiger partial charge is 0.134 e. The summed E-state index contributed by atoms with van der Waals surface area (Å²) in [7, 11) is 0. The Kier molecular flexibility index (Phi) is 2.08. The highest BCUT2D eigenvalue weighted by molar-refractivity contribution is 5.81. The van der Waals surface area contributed by atoms with Gasteiger partial charge in [0.05, 0.1) is 6.26 Å². The van der Waals surface area contributed by atoms with E-state index in [4.69, 9.17) is 10.2 Å². The first-order valence-corrected chi connectivity index (χ1v) is 5.92. The largest absolute Gasteiger partial charge is 0.464 e. The van der Waals surface area contributed by atoms with Crippen molar-refractivity contribution in [2.45, 2.75) is 38.1 Å². The second-order valence-corrected chi connectivity index (χ2v) is 5.11. The van der Waals surface area contributed by atoms with Crippen molar-refractivity contribution < 1.29 is 4.42 Å². The molecule has 2 nitrogen and oxygen atoms in total. The van der Waals surface area contributed by atoms with Crippen molar-refractivity contribution in [3.05, 3.63) is 35.6 Å². The van der Waals surface area contributed by atoms with Gasteiger partial charge in [0.25, 0.3) is 0 Å². The van der Waals surface area contributed by atoms with E-state index in [2.05, 4.69) is 25.1 Å². The zero-order valence-corrected chi connectivity index (χ0v) is 9.62. The number of benzene rings is 1. The predicted octanol–water partition coefficient (Wildman–Crippen LogP) is 3.17. The van der Waals surface area contributed by atoms with Gasteiger partial charge < -0.3 is 10.2 Å². The molecule has 2 aromatic rings. The summed E-state index contributed by atoms with van der Waals surface area (Å²) in [5.74, 6) is 0. The molecule has 1 aliphatic rings. The minimum atomic E-state index is 0.147. The van der Waals surface area contributed by atoms with Gasteiger partial charge in [0, 0.05) is 10.9 Å². The van der Waals surface area contributed by atoms with Crippen LogP contribution in [0.4, 0.5) is 0 Å². The van der Waals surface area contributed by atoms with E-state index in [0.717, 1.165) is 18.4 Å². The number of hydrogen-bond acceptors (Lipinski definition) is 2. The fourth-order valence-corrected chi connectivity index (χ4v) is 2.16. The SMILES string of the molecule is Cc1coc2cc(CCC3(N)CC3)ccc12. The van der Waals surface area contributed by atoms with Crippen LogP contribution in [0.25, 0.3) is 11.0 Å². The molecule has 0 atom stereocenters. The minimum Gasteiger partial charge on any atom is -0.464 e. The molecule has 1 heterocycles. The van der Waals surface area contributed by atoms with Crippen LogP contribution in [0.5, 0.6) is 0 Å². The van der Waals surface area contributed by atoms with E-state index in [-0.39, 0.29) is 5.54 Å². The van der Waals surface area contributed by atoms with Crippen molar-refractivity contribution in [1.82, 2.24) is 0 Å². The number of hydrogen-bond donors (Lipinski definition) is 1. The van der Waals surface area contributed by atoms with Crippen LogP contribution in [0, 0.1) is 6.92 Å². The van der Waals surface area contributed by atoms with Gasteiger partial charge in [-0.15, -0.1) is 0 Å². The van der Waals surface area contributed by atoms with Crippen molar-refractivity contribution in [1.29, 1.82) is 0 Å². The van der Waals surface area contributed by atoms with Crippen molar-refractivity contribution in [3.8, 4) is 0 Å². The Labute approximate surface area is 95.4 Å². The number of aryl methyl sites for hydroxylation is 2. The first-order chi connectivity index (χ1) is 7.66. The molecule has 84 valence electrons. The van der Waals surface area contributed by atoms with Crippen LogP contribution in [-0.4, -0.2) is 5.54 Å². The molecule has 16 heavy (non-hydrogen) atoms. The van der Waals surface area contributed by atoms with Gasteiger partial charge in [-0.2, -0.15) is 0 Å². The van der Waals surface area contributed by atoms with Crippen molar-refractivity contribution in [2.24, 2.45) is 5.73 Å². The van der Waals surface area contributed by atoms with Crippen LogP contribution >= 0.6 is 0 Å². The third-order valence-electron chi connectivity index (χ3n) is 3.64. The second-order valence-electron chi connectivity index (χ2n) is 5.11. The highest BCUT2D eigenvalue weighted by Crippen LogP contribution is 2.36. The van der Waals surface area contributed by atoms with E-state index in [1.807, 2.05) is 6.26 Å². The normalized spacial score (nSPS) is 17.9. The lowest BCUT2D eigenvalue weighted by atomic mass is 10.0. The van der Waals surface area contributed by atoms with Gasteiger partial charge >= 0.3 is 0 Å². The second kappa shape index (κ2) is 3.36. The van der Waals surface area contributed by atoms with E-state index in [1.54, 1.807) is 0 Å². The van der Waals surface area contributed by atoms with Gasteiger partial charge in [-0.25, -0.2) is 0 Å². The summed E-state index contributed by atoms with van der Waals surface area (Å²) < 4.78 is 5.51. The Morgan fingerprint density at radius 2 is 2.19 bits per heavy atom. The highest BCUT2D eigenvalue weighted by Gasteiger charge is 2.37. The number of fused-ring (bicyclic) bond motifs is 1. The minimum absolute atomic E-state index is 0.147. The lowest BCUT2D eigenvalue weighted by molar-refractivity contribution is 0.602. The van der Waals surface area contributed by atoms with E-state index in [0.29, 0.717) is 0 Å². The van der Waals surface area contributed by atoms with Crippen LogP contribution < -0.4 is 5.73 Å². The molecule has 0 bridgehead atoms. The molecule has 0 saturated heterocycles. The molecule has 0 aliphatic heterocycles.